The predicted molar refractivity (Wildman–Crippen MR) is 52.8 cm³/mol. The first-order valence-electron chi connectivity index (χ1n) is 4.32. The van der Waals surface area contributed by atoms with E-state index in [0.29, 0.717) is 5.25 Å². The molecule has 1 aliphatic rings. The number of thioether (sulfide) groups is 1. The summed E-state index contributed by atoms with van der Waals surface area (Å²) in [5, 5.41) is 9.47. The van der Waals surface area contributed by atoms with Crippen LogP contribution in [0.15, 0.2) is 29.2 Å². The summed E-state index contributed by atoms with van der Waals surface area (Å²) in [4.78, 5) is 1.26. The van der Waals surface area contributed by atoms with Crippen LogP contribution < -0.4 is 0 Å². The standard InChI is InChI=1S/C10H12O2S/c11-5-8-1-3-9(4-2-8)13-10-6-12-7-10/h1-4,10-11H,5-7H2. The predicted octanol–water partition coefficient (Wildman–Crippen LogP) is 1.67. The van der Waals surface area contributed by atoms with Gasteiger partial charge in [0.15, 0.2) is 0 Å². The molecular formula is C10H12O2S. The highest BCUT2D eigenvalue weighted by molar-refractivity contribution is 8.00. The van der Waals surface area contributed by atoms with Crippen molar-refractivity contribution < 1.29 is 9.84 Å². The molecule has 1 heterocycles. The first-order chi connectivity index (χ1) is 6.38. The average Bonchev–Trinajstić information content (AvgIpc) is 2.12. The lowest BCUT2D eigenvalue weighted by atomic mass is 10.2. The van der Waals surface area contributed by atoms with Gasteiger partial charge in [0.1, 0.15) is 0 Å². The third-order valence-corrected chi connectivity index (χ3v) is 3.17. The molecule has 1 fully saturated rings. The summed E-state index contributed by atoms with van der Waals surface area (Å²) in [6.07, 6.45) is 0. The van der Waals surface area contributed by atoms with Crippen LogP contribution in [-0.4, -0.2) is 23.6 Å². The van der Waals surface area contributed by atoms with E-state index in [1.807, 2.05) is 23.9 Å². The summed E-state index contributed by atoms with van der Waals surface area (Å²) in [6, 6.07) is 8.02. The van der Waals surface area contributed by atoms with Gasteiger partial charge in [0.05, 0.1) is 25.1 Å². The molecule has 0 spiro atoms. The van der Waals surface area contributed by atoms with E-state index in [4.69, 9.17) is 9.84 Å². The van der Waals surface area contributed by atoms with Gasteiger partial charge in [-0.1, -0.05) is 12.1 Å². The first-order valence-corrected chi connectivity index (χ1v) is 5.20. The number of benzene rings is 1. The highest BCUT2D eigenvalue weighted by Crippen LogP contribution is 2.27. The van der Waals surface area contributed by atoms with Gasteiger partial charge < -0.3 is 9.84 Å². The molecular weight excluding hydrogens is 184 g/mol. The Morgan fingerprint density at radius 2 is 2.00 bits per heavy atom. The van der Waals surface area contributed by atoms with E-state index in [1.54, 1.807) is 0 Å². The van der Waals surface area contributed by atoms with Gasteiger partial charge in [-0.05, 0) is 17.7 Å². The highest BCUT2D eigenvalue weighted by Gasteiger charge is 2.18. The number of hydrogen-bond donors (Lipinski definition) is 1. The van der Waals surface area contributed by atoms with Crippen molar-refractivity contribution in [2.75, 3.05) is 13.2 Å². The van der Waals surface area contributed by atoms with Crippen LogP contribution >= 0.6 is 11.8 Å². The molecule has 0 unspecified atom stereocenters. The minimum Gasteiger partial charge on any atom is -0.392 e. The number of hydrogen-bond acceptors (Lipinski definition) is 3. The van der Waals surface area contributed by atoms with Crippen molar-refractivity contribution in [1.82, 2.24) is 0 Å². The minimum atomic E-state index is 0.123. The van der Waals surface area contributed by atoms with Crippen LogP contribution in [0.1, 0.15) is 5.56 Å². The summed E-state index contributed by atoms with van der Waals surface area (Å²) in [6.45, 7) is 1.86. The second-order valence-corrected chi connectivity index (χ2v) is 4.45. The fourth-order valence-corrected chi connectivity index (χ4v) is 2.15. The molecule has 0 aliphatic carbocycles. The van der Waals surface area contributed by atoms with E-state index in [9.17, 15) is 0 Å². The Labute approximate surface area is 81.9 Å². The maximum Gasteiger partial charge on any atom is 0.0681 e. The highest BCUT2D eigenvalue weighted by atomic mass is 32.2. The van der Waals surface area contributed by atoms with Crippen molar-refractivity contribution in [2.24, 2.45) is 0 Å². The summed E-state index contributed by atoms with van der Waals surface area (Å²) in [5.74, 6) is 0. The van der Waals surface area contributed by atoms with E-state index in [2.05, 4.69) is 12.1 Å². The van der Waals surface area contributed by atoms with Crippen LogP contribution in [0.5, 0.6) is 0 Å². The van der Waals surface area contributed by atoms with Crippen molar-refractivity contribution in [3.8, 4) is 0 Å². The van der Waals surface area contributed by atoms with Crippen molar-refractivity contribution in [2.45, 2.75) is 16.8 Å². The molecule has 0 atom stereocenters. The normalized spacial score (nSPS) is 17.0. The molecule has 1 N–H and O–H groups in total. The maximum atomic E-state index is 8.84. The Morgan fingerprint density at radius 3 is 2.46 bits per heavy atom. The summed E-state index contributed by atoms with van der Waals surface area (Å²) in [5.41, 5.74) is 0.967. The SMILES string of the molecule is OCc1ccc(SC2COC2)cc1. The van der Waals surface area contributed by atoms with Crippen molar-refractivity contribution in [1.29, 1.82) is 0 Å². The molecule has 2 nitrogen and oxygen atoms in total. The van der Waals surface area contributed by atoms with Gasteiger partial charge in [-0.15, -0.1) is 11.8 Å². The van der Waals surface area contributed by atoms with E-state index in [-0.39, 0.29) is 6.61 Å². The Bertz CT molecular complexity index is 267. The first kappa shape index (κ1) is 9.06. The molecule has 0 bridgehead atoms. The van der Waals surface area contributed by atoms with Crippen LogP contribution in [0.25, 0.3) is 0 Å². The number of aliphatic hydroxyl groups excluding tert-OH is 1. The molecule has 1 aromatic carbocycles. The Balaban J connectivity index is 1.96. The zero-order valence-corrected chi connectivity index (χ0v) is 8.09. The fraction of sp³-hybridized carbons (Fsp3) is 0.400. The lowest BCUT2D eigenvalue weighted by Crippen LogP contribution is -2.29. The number of rotatable bonds is 3. The van der Waals surface area contributed by atoms with E-state index in [1.165, 1.54) is 4.90 Å². The van der Waals surface area contributed by atoms with Crippen LogP contribution in [0, 0.1) is 0 Å². The van der Waals surface area contributed by atoms with Gasteiger partial charge in [-0.3, -0.25) is 0 Å². The van der Waals surface area contributed by atoms with E-state index >= 15 is 0 Å². The van der Waals surface area contributed by atoms with Gasteiger partial charge in [0.25, 0.3) is 0 Å². The molecule has 2 rings (SSSR count). The third-order valence-electron chi connectivity index (χ3n) is 2.02. The van der Waals surface area contributed by atoms with Crippen molar-refractivity contribution in [3.05, 3.63) is 29.8 Å². The Morgan fingerprint density at radius 1 is 1.31 bits per heavy atom. The monoisotopic (exact) mass is 196 g/mol. The Hall–Kier alpha value is -0.510. The molecule has 0 amide bonds. The molecule has 1 aromatic rings. The van der Waals surface area contributed by atoms with Crippen molar-refractivity contribution in [3.63, 3.8) is 0 Å². The zero-order chi connectivity index (χ0) is 9.10. The number of ether oxygens (including phenoxy) is 1. The minimum absolute atomic E-state index is 0.123. The Kier molecular flexibility index (Phi) is 2.88. The summed E-state index contributed by atoms with van der Waals surface area (Å²) >= 11 is 1.84. The lowest BCUT2D eigenvalue weighted by Gasteiger charge is -2.25. The van der Waals surface area contributed by atoms with Gasteiger partial charge in [-0.25, -0.2) is 0 Å². The summed E-state index contributed by atoms with van der Waals surface area (Å²) < 4.78 is 5.09. The van der Waals surface area contributed by atoms with Crippen LogP contribution in [-0.2, 0) is 11.3 Å². The number of aliphatic hydroxyl groups is 1. The second-order valence-electron chi connectivity index (χ2n) is 3.08. The second kappa shape index (κ2) is 4.13. The molecule has 0 radical (unpaired) electrons. The zero-order valence-electron chi connectivity index (χ0n) is 7.27. The third kappa shape index (κ3) is 2.24. The van der Waals surface area contributed by atoms with E-state index in [0.717, 1.165) is 18.8 Å². The molecule has 70 valence electrons. The molecule has 13 heavy (non-hydrogen) atoms. The van der Waals surface area contributed by atoms with Gasteiger partial charge >= 0.3 is 0 Å². The largest absolute Gasteiger partial charge is 0.392 e. The van der Waals surface area contributed by atoms with E-state index < -0.39 is 0 Å². The molecule has 3 heteroatoms. The molecule has 0 aromatic heterocycles. The maximum absolute atomic E-state index is 8.84. The molecule has 1 saturated heterocycles. The van der Waals surface area contributed by atoms with Gasteiger partial charge in [0, 0.05) is 4.90 Å². The van der Waals surface area contributed by atoms with Crippen molar-refractivity contribution >= 4 is 11.8 Å². The average molecular weight is 196 g/mol. The molecule has 0 saturated carbocycles. The lowest BCUT2D eigenvalue weighted by molar-refractivity contribution is 0.0455. The summed E-state index contributed by atoms with van der Waals surface area (Å²) in [7, 11) is 0. The van der Waals surface area contributed by atoms with Gasteiger partial charge in [0.2, 0.25) is 0 Å². The molecule has 1 aliphatic heterocycles. The smallest absolute Gasteiger partial charge is 0.0681 e. The van der Waals surface area contributed by atoms with Gasteiger partial charge in [-0.2, -0.15) is 0 Å². The topological polar surface area (TPSA) is 29.5 Å². The van der Waals surface area contributed by atoms with Crippen LogP contribution in [0.2, 0.25) is 0 Å². The fourth-order valence-electron chi connectivity index (χ4n) is 1.15. The van der Waals surface area contributed by atoms with Crippen LogP contribution in [0.4, 0.5) is 0 Å². The quantitative estimate of drug-likeness (QED) is 0.797. The van der Waals surface area contributed by atoms with Crippen LogP contribution in [0.3, 0.4) is 0 Å².